The number of nitrogens with zero attached hydrogens (tertiary/aromatic N) is 1. The third kappa shape index (κ3) is 2.43. The number of H-pyrrole nitrogens is 2. The largest absolute Gasteiger partial charge is 0.376 e. The lowest BCUT2D eigenvalue weighted by Gasteiger charge is -2.10. The molecule has 5 N–H and O–H groups in total. The Balaban J connectivity index is 2.22. The second-order valence-corrected chi connectivity index (χ2v) is 5.26. The van der Waals surface area contributed by atoms with Gasteiger partial charge in [-0.15, -0.1) is 0 Å². The predicted molar refractivity (Wildman–Crippen MR) is 83.6 cm³/mol. The first kappa shape index (κ1) is 13.8. The molecule has 0 saturated carbocycles. The number of rotatable bonds is 4. The molecule has 21 heavy (non-hydrogen) atoms. The normalized spacial score (nSPS) is 11.0. The minimum atomic E-state index is -0.463. The summed E-state index contributed by atoms with van der Waals surface area (Å²) in [6, 6.07) is 1.67. The van der Waals surface area contributed by atoms with E-state index in [0.717, 1.165) is 16.5 Å². The van der Waals surface area contributed by atoms with Crippen LogP contribution in [0.4, 0.5) is 5.69 Å². The van der Waals surface area contributed by atoms with Crippen molar-refractivity contribution in [2.45, 2.75) is 0 Å². The number of benzene rings is 1. The summed E-state index contributed by atoms with van der Waals surface area (Å²) in [5.74, 6) is -0.463. The summed E-state index contributed by atoms with van der Waals surface area (Å²) in [6.07, 6.45) is 5.28. The molecule has 1 amide bonds. The van der Waals surface area contributed by atoms with Gasteiger partial charge in [0.1, 0.15) is 0 Å². The van der Waals surface area contributed by atoms with E-state index in [1.807, 2.05) is 6.20 Å². The molecule has 0 fully saturated rings. The van der Waals surface area contributed by atoms with E-state index in [-0.39, 0.29) is 6.54 Å². The number of primary amides is 1. The molecule has 2 heterocycles. The zero-order valence-corrected chi connectivity index (χ0v) is 12.2. The lowest BCUT2D eigenvalue weighted by molar-refractivity contribution is -0.116. The van der Waals surface area contributed by atoms with Gasteiger partial charge in [0.2, 0.25) is 5.91 Å². The molecular weight excluding hydrogens is 313 g/mol. The molecule has 0 saturated heterocycles. The number of aromatic amines is 2. The van der Waals surface area contributed by atoms with Gasteiger partial charge in [-0.25, -0.2) is 0 Å². The molecule has 2 aromatic heterocycles. The van der Waals surface area contributed by atoms with Crippen molar-refractivity contribution in [3.63, 3.8) is 0 Å². The van der Waals surface area contributed by atoms with Crippen LogP contribution < -0.4 is 11.1 Å². The molecule has 0 bridgehead atoms. The number of amides is 1. The molecule has 3 rings (SSSR count). The molecule has 3 aromatic rings. The Morgan fingerprint density at radius 2 is 2.19 bits per heavy atom. The molecule has 0 aliphatic carbocycles. The number of hydrogen-bond donors (Lipinski definition) is 4. The van der Waals surface area contributed by atoms with Gasteiger partial charge >= 0.3 is 0 Å². The maximum absolute atomic E-state index is 11.0. The van der Waals surface area contributed by atoms with E-state index < -0.39 is 5.91 Å². The molecule has 8 heteroatoms. The van der Waals surface area contributed by atoms with Crippen LogP contribution in [-0.4, -0.2) is 27.6 Å². The van der Waals surface area contributed by atoms with E-state index in [2.05, 4.69) is 20.5 Å². The van der Waals surface area contributed by atoms with E-state index in [0.29, 0.717) is 21.2 Å². The lowest BCUT2D eigenvalue weighted by atomic mass is 10.1. The molecule has 0 spiro atoms. The molecule has 1 aromatic carbocycles. The fraction of sp³-hybridized carbons (Fsp3) is 0.0769. The number of nitrogens with one attached hydrogen (secondary N) is 3. The van der Waals surface area contributed by atoms with Crippen LogP contribution in [0.2, 0.25) is 10.0 Å². The van der Waals surface area contributed by atoms with Crippen molar-refractivity contribution in [1.29, 1.82) is 0 Å². The maximum Gasteiger partial charge on any atom is 0.236 e. The molecule has 0 radical (unpaired) electrons. The van der Waals surface area contributed by atoms with E-state index in [4.69, 9.17) is 28.9 Å². The lowest BCUT2D eigenvalue weighted by Crippen LogP contribution is -2.21. The van der Waals surface area contributed by atoms with Gasteiger partial charge < -0.3 is 16.0 Å². The summed E-state index contributed by atoms with van der Waals surface area (Å²) >= 11 is 12.3. The van der Waals surface area contributed by atoms with Gasteiger partial charge in [0.15, 0.2) is 0 Å². The fourth-order valence-electron chi connectivity index (χ4n) is 2.21. The second-order valence-electron chi connectivity index (χ2n) is 4.48. The van der Waals surface area contributed by atoms with Crippen molar-refractivity contribution in [3.05, 3.63) is 34.7 Å². The summed E-state index contributed by atoms with van der Waals surface area (Å²) in [5.41, 5.74) is 8.32. The van der Waals surface area contributed by atoms with Gasteiger partial charge in [0, 0.05) is 34.6 Å². The summed E-state index contributed by atoms with van der Waals surface area (Å²) in [6.45, 7) is 0.00304. The minimum absolute atomic E-state index is 0.00304. The Morgan fingerprint density at radius 3 is 2.86 bits per heavy atom. The average Bonchev–Trinajstić information content (AvgIpc) is 3.09. The zero-order chi connectivity index (χ0) is 15.0. The first-order chi connectivity index (χ1) is 10.1. The van der Waals surface area contributed by atoms with E-state index in [9.17, 15) is 4.79 Å². The van der Waals surface area contributed by atoms with Gasteiger partial charge in [-0.2, -0.15) is 5.10 Å². The van der Waals surface area contributed by atoms with E-state index >= 15 is 0 Å². The van der Waals surface area contributed by atoms with E-state index in [1.165, 1.54) is 0 Å². The van der Waals surface area contributed by atoms with Crippen LogP contribution >= 0.6 is 23.2 Å². The molecular formula is C13H11Cl2N5O. The SMILES string of the molecule is NC(=O)CNc1cc(Cl)c(Cl)c2[nH]cc(-c3cn[nH]c3)c12. The number of aromatic nitrogens is 3. The van der Waals surface area contributed by atoms with Crippen molar-refractivity contribution in [3.8, 4) is 11.1 Å². The summed E-state index contributed by atoms with van der Waals surface area (Å²) in [5, 5.41) is 11.3. The average molecular weight is 324 g/mol. The minimum Gasteiger partial charge on any atom is -0.376 e. The Morgan fingerprint density at radius 1 is 1.38 bits per heavy atom. The van der Waals surface area contributed by atoms with Crippen LogP contribution in [0.5, 0.6) is 0 Å². The Labute approximate surface area is 129 Å². The van der Waals surface area contributed by atoms with Gasteiger partial charge in [0.05, 0.1) is 28.3 Å². The Hall–Kier alpha value is -2.18. The topological polar surface area (TPSA) is 99.6 Å². The quantitative estimate of drug-likeness (QED) is 0.594. The van der Waals surface area contributed by atoms with Gasteiger partial charge in [-0.05, 0) is 6.07 Å². The van der Waals surface area contributed by atoms with Gasteiger partial charge in [-0.3, -0.25) is 9.89 Å². The van der Waals surface area contributed by atoms with Crippen LogP contribution in [0.15, 0.2) is 24.7 Å². The summed E-state index contributed by atoms with van der Waals surface area (Å²) < 4.78 is 0. The second kappa shape index (κ2) is 5.31. The first-order valence-electron chi connectivity index (χ1n) is 6.08. The maximum atomic E-state index is 11.0. The fourth-order valence-corrected chi connectivity index (χ4v) is 2.61. The van der Waals surface area contributed by atoms with Crippen LogP contribution in [0.25, 0.3) is 22.0 Å². The monoisotopic (exact) mass is 323 g/mol. The zero-order valence-electron chi connectivity index (χ0n) is 10.7. The molecule has 108 valence electrons. The van der Waals surface area contributed by atoms with Crippen LogP contribution in [0.3, 0.4) is 0 Å². The van der Waals surface area contributed by atoms with Crippen LogP contribution in [0, 0.1) is 0 Å². The Kier molecular flexibility index (Phi) is 3.48. The molecule has 6 nitrogen and oxygen atoms in total. The third-order valence-electron chi connectivity index (χ3n) is 3.11. The van der Waals surface area contributed by atoms with E-state index in [1.54, 1.807) is 18.5 Å². The standard InChI is InChI=1S/C13H11Cl2N5O/c14-8-1-9(17-5-10(16)21)11-7(6-2-19-20-3-6)4-18-13(11)12(8)15/h1-4,17-18H,5H2,(H2,16,21)(H,19,20). The number of anilines is 1. The smallest absolute Gasteiger partial charge is 0.236 e. The van der Waals surface area contributed by atoms with Crippen molar-refractivity contribution >= 4 is 45.7 Å². The molecule has 0 aliphatic rings. The van der Waals surface area contributed by atoms with Crippen LogP contribution in [-0.2, 0) is 4.79 Å². The number of hydrogen-bond acceptors (Lipinski definition) is 3. The molecule has 0 aliphatic heterocycles. The number of halogens is 2. The summed E-state index contributed by atoms with van der Waals surface area (Å²) in [7, 11) is 0. The van der Waals surface area contributed by atoms with Crippen molar-refractivity contribution in [1.82, 2.24) is 15.2 Å². The number of carbonyl (C=O) groups is 1. The highest BCUT2D eigenvalue weighted by Gasteiger charge is 2.16. The van der Waals surface area contributed by atoms with Crippen molar-refractivity contribution < 1.29 is 4.79 Å². The predicted octanol–water partition coefficient (Wildman–Crippen LogP) is 2.76. The van der Waals surface area contributed by atoms with Gasteiger partial charge in [0.25, 0.3) is 0 Å². The van der Waals surface area contributed by atoms with Gasteiger partial charge in [-0.1, -0.05) is 23.2 Å². The number of nitrogens with two attached hydrogens (primary N) is 1. The third-order valence-corrected chi connectivity index (χ3v) is 3.90. The number of carbonyl (C=O) groups excluding carboxylic acids is 1. The first-order valence-corrected chi connectivity index (χ1v) is 6.84. The highest BCUT2D eigenvalue weighted by atomic mass is 35.5. The number of fused-ring (bicyclic) bond motifs is 1. The highest BCUT2D eigenvalue weighted by molar-refractivity contribution is 6.46. The Bertz CT molecular complexity index is 810. The molecule has 0 unspecified atom stereocenters. The highest BCUT2D eigenvalue weighted by Crippen LogP contribution is 2.40. The van der Waals surface area contributed by atoms with Crippen molar-refractivity contribution in [2.24, 2.45) is 5.73 Å². The van der Waals surface area contributed by atoms with Crippen molar-refractivity contribution in [2.75, 3.05) is 11.9 Å². The van der Waals surface area contributed by atoms with Crippen LogP contribution in [0.1, 0.15) is 0 Å². The molecule has 0 atom stereocenters. The summed E-state index contributed by atoms with van der Waals surface area (Å²) in [4.78, 5) is 14.1.